The molecule has 0 spiro atoms. The van der Waals surface area contributed by atoms with Gasteiger partial charge in [0.05, 0.1) is 0 Å². The highest BCUT2D eigenvalue weighted by Gasteiger charge is 2.22. The lowest BCUT2D eigenvalue weighted by molar-refractivity contribution is -0.155. The first-order valence-corrected chi connectivity index (χ1v) is 7.84. The number of esters is 1. The summed E-state index contributed by atoms with van der Waals surface area (Å²) >= 11 is 0. The molecule has 1 aromatic heterocycles. The van der Waals surface area contributed by atoms with Gasteiger partial charge in [-0.05, 0) is 30.2 Å². The average molecular weight is 340 g/mol. The maximum absolute atomic E-state index is 13.0. The second-order valence-corrected chi connectivity index (χ2v) is 5.68. The third kappa shape index (κ3) is 3.85. The third-order valence-corrected chi connectivity index (χ3v) is 3.95. The second-order valence-electron chi connectivity index (χ2n) is 5.68. The molecule has 5 nitrogen and oxygen atoms in total. The van der Waals surface area contributed by atoms with E-state index in [0.29, 0.717) is 12.0 Å². The highest BCUT2D eigenvalue weighted by atomic mass is 19.1. The Labute approximate surface area is 143 Å². The molecule has 2 aromatic carbocycles. The highest BCUT2D eigenvalue weighted by molar-refractivity contribution is 5.85. The first-order valence-electron chi connectivity index (χ1n) is 7.84. The number of ether oxygens (including phenoxy) is 1. The number of para-hydroxylation sites is 1. The molecular weight excluding hydrogens is 323 g/mol. The van der Waals surface area contributed by atoms with Gasteiger partial charge in [-0.15, -0.1) is 0 Å². The fourth-order valence-electron chi connectivity index (χ4n) is 2.69. The molecule has 1 heterocycles. The summed E-state index contributed by atoms with van der Waals surface area (Å²) in [6.45, 7) is 0. The fourth-order valence-corrected chi connectivity index (χ4v) is 2.69. The number of hydrogen-bond donors (Lipinski definition) is 2. The van der Waals surface area contributed by atoms with Crippen molar-refractivity contribution in [2.45, 2.75) is 18.9 Å². The summed E-state index contributed by atoms with van der Waals surface area (Å²) < 4.78 is 18.2. The van der Waals surface area contributed by atoms with Crippen LogP contribution < -0.4 is 5.73 Å². The average Bonchev–Trinajstić information content (AvgIpc) is 3.02. The van der Waals surface area contributed by atoms with Gasteiger partial charge in [-0.3, -0.25) is 9.59 Å². The molecule has 0 aliphatic rings. The number of aryl methyl sites for hydroxylation is 1. The predicted octanol–water partition coefficient (Wildman–Crippen LogP) is 3.01. The summed E-state index contributed by atoms with van der Waals surface area (Å²) in [5.41, 5.74) is 7.63. The number of rotatable bonds is 6. The molecule has 0 bridgehead atoms. The summed E-state index contributed by atoms with van der Waals surface area (Å²) in [5.74, 6) is -1.79. The summed E-state index contributed by atoms with van der Waals surface area (Å²) in [4.78, 5) is 26.8. The molecule has 0 saturated heterocycles. The number of primary amides is 1. The van der Waals surface area contributed by atoms with Crippen LogP contribution in [0.25, 0.3) is 10.9 Å². The van der Waals surface area contributed by atoms with Crippen LogP contribution in [0.1, 0.15) is 23.7 Å². The number of H-pyrrole nitrogens is 1. The monoisotopic (exact) mass is 340 g/mol. The summed E-state index contributed by atoms with van der Waals surface area (Å²) in [7, 11) is 0. The Hall–Kier alpha value is -3.15. The first-order chi connectivity index (χ1) is 12.0. The topological polar surface area (TPSA) is 85.2 Å². The molecule has 3 N–H and O–H groups in total. The van der Waals surface area contributed by atoms with Crippen LogP contribution in [0.2, 0.25) is 0 Å². The molecule has 0 aliphatic heterocycles. The van der Waals surface area contributed by atoms with E-state index in [0.717, 1.165) is 16.5 Å². The van der Waals surface area contributed by atoms with E-state index in [2.05, 4.69) is 4.98 Å². The molecule has 0 fully saturated rings. The normalized spacial score (nSPS) is 12.0. The van der Waals surface area contributed by atoms with Crippen molar-refractivity contribution in [2.24, 2.45) is 5.73 Å². The zero-order valence-electron chi connectivity index (χ0n) is 13.4. The molecule has 1 amide bonds. The van der Waals surface area contributed by atoms with E-state index in [9.17, 15) is 14.0 Å². The molecule has 3 rings (SSSR count). The lowest BCUT2D eigenvalue weighted by Gasteiger charge is -2.15. The zero-order chi connectivity index (χ0) is 17.8. The van der Waals surface area contributed by atoms with Crippen molar-refractivity contribution >= 4 is 22.8 Å². The van der Waals surface area contributed by atoms with E-state index in [1.54, 1.807) is 0 Å². The maximum atomic E-state index is 13.0. The Bertz CT molecular complexity index is 902. The number of carbonyl (C=O) groups is 2. The molecule has 25 heavy (non-hydrogen) atoms. The number of nitrogens with one attached hydrogen (secondary N) is 1. The van der Waals surface area contributed by atoms with Gasteiger partial charge in [0.25, 0.3) is 5.91 Å². The summed E-state index contributed by atoms with van der Waals surface area (Å²) in [5, 5.41) is 1.04. The Morgan fingerprint density at radius 3 is 2.56 bits per heavy atom. The molecule has 0 unspecified atom stereocenters. The van der Waals surface area contributed by atoms with Crippen molar-refractivity contribution in [2.75, 3.05) is 0 Å². The summed E-state index contributed by atoms with van der Waals surface area (Å²) in [6.07, 6.45) is 1.20. The lowest BCUT2D eigenvalue weighted by atomic mass is 10.1. The number of hydrogen-bond acceptors (Lipinski definition) is 3. The van der Waals surface area contributed by atoms with Crippen molar-refractivity contribution in [3.63, 3.8) is 0 Å². The SMILES string of the molecule is NC(=O)[C@@H](OC(=O)CCc1c[nH]c2ccccc12)c1ccc(F)cc1. The van der Waals surface area contributed by atoms with Crippen LogP contribution in [-0.4, -0.2) is 16.9 Å². The second kappa shape index (κ2) is 7.17. The number of carbonyl (C=O) groups excluding carboxylic acids is 2. The van der Waals surface area contributed by atoms with Crippen molar-refractivity contribution in [1.29, 1.82) is 0 Å². The molecule has 0 saturated carbocycles. The van der Waals surface area contributed by atoms with Gasteiger partial charge in [0.15, 0.2) is 0 Å². The Morgan fingerprint density at radius 1 is 1.12 bits per heavy atom. The van der Waals surface area contributed by atoms with Gasteiger partial charge in [0.2, 0.25) is 6.10 Å². The van der Waals surface area contributed by atoms with E-state index in [1.807, 2.05) is 30.5 Å². The number of nitrogens with two attached hydrogens (primary N) is 1. The highest BCUT2D eigenvalue weighted by Crippen LogP contribution is 2.21. The van der Waals surface area contributed by atoms with Crippen LogP contribution in [0, 0.1) is 5.82 Å². The largest absolute Gasteiger partial charge is 0.447 e. The fraction of sp³-hybridized carbons (Fsp3) is 0.158. The van der Waals surface area contributed by atoms with Gasteiger partial charge in [-0.1, -0.05) is 30.3 Å². The Balaban J connectivity index is 1.66. The van der Waals surface area contributed by atoms with E-state index >= 15 is 0 Å². The van der Waals surface area contributed by atoms with E-state index in [-0.39, 0.29) is 6.42 Å². The minimum Gasteiger partial charge on any atom is -0.447 e. The van der Waals surface area contributed by atoms with Crippen LogP contribution >= 0.6 is 0 Å². The van der Waals surface area contributed by atoms with Gasteiger partial charge in [-0.2, -0.15) is 0 Å². The van der Waals surface area contributed by atoms with Gasteiger partial charge in [0, 0.05) is 29.1 Å². The molecular formula is C19H17FN2O3. The smallest absolute Gasteiger partial charge is 0.307 e. The maximum Gasteiger partial charge on any atom is 0.307 e. The van der Waals surface area contributed by atoms with Crippen LogP contribution in [0.5, 0.6) is 0 Å². The number of benzene rings is 2. The Morgan fingerprint density at radius 2 is 1.84 bits per heavy atom. The van der Waals surface area contributed by atoms with Crippen LogP contribution in [-0.2, 0) is 20.7 Å². The Kier molecular flexibility index (Phi) is 4.79. The van der Waals surface area contributed by atoms with Crippen molar-refractivity contribution in [3.05, 3.63) is 71.7 Å². The number of aromatic nitrogens is 1. The van der Waals surface area contributed by atoms with Crippen LogP contribution in [0.4, 0.5) is 4.39 Å². The van der Waals surface area contributed by atoms with Crippen LogP contribution in [0.3, 0.4) is 0 Å². The van der Waals surface area contributed by atoms with Crippen molar-refractivity contribution < 1.29 is 18.7 Å². The van der Waals surface area contributed by atoms with E-state index in [1.165, 1.54) is 24.3 Å². The van der Waals surface area contributed by atoms with Crippen molar-refractivity contribution in [3.8, 4) is 0 Å². The zero-order valence-corrected chi connectivity index (χ0v) is 13.4. The molecule has 3 aromatic rings. The van der Waals surface area contributed by atoms with Crippen LogP contribution in [0.15, 0.2) is 54.7 Å². The van der Waals surface area contributed by atoms with E-state index in [4.69, 9.17) is 10.5 Å². The first kappa shape index (κ1) is 16.7. The number of fused-ring (bicyclic) bond motifs is 1. The van der Waals surface area contributed by atoms with Gasteiger partial charge in [-0.25, -0.2) is 4.39 Å². The lowest BCUT2D eigenvalue weighted by Crippen LogP contribution is -2.26. The molecule has 128 valence electrons. The van der Waals surface area contributed by atoms with Gasteiger partial charge in [0.1, 0.15) is 5.82 Å². The third-order valence-electron chi connectivity index (χ3n) is 3.95. The minimum atomic E-state index is -1.23. The van der Waals surface area contributed by atoms with Crippen molar-refractivity contribution in [1.82, 2.24) is 4.98 Å². The van der Waals surface area contributed by atoms with E-state index < -0.39 is 23.8 Å². The van der Waals surface area contributed by atoms with Gasteiger partial charge < -0.3 is 15.5 Å². The number of aromatic amines is 1. The predicted molar refractivity (Wildman–Crippen MR) is 91.0 cm³/mol. The molecule has 0 radical (unpaired) electrons. The standard InChI is InChI=1S/C19H17FN2O3/c20-14-8-5-12(6-9-14)18(19(21)24)25-17(23)10-7-13-11-22-16-4-2-1-3-15(13)16/h1-6,8-9,11,18,22H,7,10H2,(H2,21,24)/t18-/m0/s1. The quantitative estimate of drug-likeness (QED) is 0.677. The molecule has 0 aliphatic carbocycles. The molecule has 1 atom stereocenters. The number of halogens is 1. The summed E-state index contributed by atoms with van der Waals surface area (Å²) in [6, 6.07) is 12.9. The minimum absolute atomic E-state index is 0.104. The molecule has 6 heteroatoms. The van der Waals surface area contributed by atoms with Gasteiger partial charge >= 0.3 is 5.97 Å². The number of amides is 1.